The normalized spacial score (nSPS) is 22.6. The van der Waals surface area contributed by atoms with Crippen molar-refractivity contribution in [1.82, 2.24) is 25.0 Å². The molecule has 2 aliphatic rings. The highest BCUT2D eigenvalue weighted by Crippen LogP contribution is 2.42. The molecule has 2 fully saturated rings. The van der Waals surface area contributed by atoms with Crippen molar-refractivity contribution >= 4 is 5.78 Å². The molecular weight excluding hydrogens is 573 g/mol. The Morgan fingerprint density at radius 1 is 1.07 bits per heavy atom. The number of rotatable bonds is 8. The van der Waals surface area contributed by atoms with E-state index in [4.69, 9.17) is 15.2 Å². The number of ketones is 1. The third kappa shape index (κ3) is 6.22. The number of carbonyl (C=O) groups excluding carboxylic acids is 1. The van der Waals surface area contributed by atoms with Gasteiger partial charge in [-0.2, -0.15) is 0 Å². The van der Waals surface area contributed by atoms with Gasteiger partial charge in [-0.15, -0.1) is 5.10 Å². The minimum Gasteiger partial charge on any atom is -0.490 e. The van der Waals surface area contributed by atoms with Crippen LogP contribution in [-0.2, 0) is 11.2 Å². The van der Waals surface area contributed by atoms with Crippen molar-refractivity contribution in [3.63, 3.8) is 0 Å². The van der Waals surface area contributed by atoms with E-state index in [0.29, 0.717) is 38.0 Å². The van der Waals surface area contributed by atoms with Crippen LogP contribution in [0.4, 0.5) is 13.2 Å². The Hall–Kier alpha value is -4.16. The van der Waals surface area contributed by atoms with Gasteiger partial charge in [0.2, 0.25) is 0 Å². The monoisotopic (exact) mass is 606 g/mol. The summed E-state index contributed by atoms with van der Waals surface area (Å²) in [7, 11) is 0. The first kappa shape index (κ1) is 29.9. The molecule has 0 radical (unpaired) electrons. The zero-order chi connectivity index (χ0) is 30.8. The minimum atomic E-state index is -1.04. The average Bonchev–Trinajstić information content (AvgIpc) is 3.52. The standard InChI is InChI=1S/C32H33F3N6O3/c1-18-12-19(13-27(36)32(18)41-9-8-38-40-41)23-4-7-37-17-20(23)14-29(42)28-3-2-24(33)31(39-28)30-25(34)15-22(16-26(30)35)44-21-5-10-43-11-6-21/h2-4,7-9,15-19,21,27,32H,5-6,10-14,36H2,1H3/t18-,19+,27+,32-/m0/s1. The zero-order valence-corrected chi connectivity index (χ0v) is 24.2. The molecule has 0 amide bonds. The van der Waals surface area contributed by atoms with Crippen LogP contribution in [0, 0.1) is 23.4 Å². The van der Waals surface area contributed by atoms with Gasteiger partial charge in [-0.05, 0) is 54.0 Å². The van der Waals surface area contributed by atoms with Crippen LogP contribution in [0.5, 0.6) is 5.75 Å². The molecule has 4 heterocycles. The highest BCUT2D eigenvalue weighted by molar-refractivity contribution is 5.96. The Morgan fingerprint density at radius 3 is 2.55 bits per heavy atom. The number of Topliss-reactive ketones (excluding diaryl/α,β-unsaturated/α-hetero) is 1. The van der Waals surface area contributed by atoms with Gasteiger partial charge < -0.3 is 15.2 Å². The third-order valence-corrected chi connectivity index (χ3v) is 8.57. The maximum Gasteiger partial charge on any atom is 0.185 e. The highest BCUT2D eigenvalue weighted by Gasteiger charge is 2.37. The summed E-state index contributed by atoms with van der Waals surface area (Å²) in [5, 5.41) is 8.06. The fraction of sp³-hybridized carbons (Fsp3) is 0.406. The van der Waals surface area contributed by atoms with Crippen LogP contribution in [-0.4, -0.2) is 56.1 Å². The first-order chi connectivity index (χ1) is 21.3. The number of pyridine rings is 2. The van der Waals surface area contributed by atoms with Crippen molar-refractivity contribution < 1.29 is 27.4 Å². The molecule has 1 aliphatic carbocycles. The minimum absolute atomic E-state index is 0.00300. The molecule has 0 unspecified atom stereocenters. The molecule has 44 heavy (non-hydrogen) atoms. The number of nitrogens with two attached hydrogens (primary N) is 1. The lowest BCUT2D eigenvalue weighted by atomic mass is 9.72. The number of aromatic nitrogens is 5. The summed E-state index contributed by atoms with van der Waals surface area (Å²) < 4.78 is 58.1. The molecule has 230 valence electrons. The fourth-order valence-electron chi connectivity index (χ4n) is 6.51. The van der Waals surface area contributed by atoms with E-state index < -0.39 is 34.5 Å². The van der Waals surface area contributed by atoms with Crippen molar-refractivity contribution in [1.29, 1.82) is 0 Å². The smallest absolute Gasteiger partial charge is 0.185 e. The van der Waals surface area contributed by atoms with Crippen molar-refractivity contribution in [3.05, 3.63) is 89.4 Å². The Balaban J connectivity index is 1.21. The molecule has 2 N–H and O–H groups in total. The maximum atomic E-state index is 15.2. The number of hydrogen-bond acceptors (Lipinski definition) is 8. The molecular formula is C32H33F3N6O3. The summed E-state index contributed by atoms with van der Waals surface area (Å²) in [5.74, 6) is -3.19. The summed E-state index contributed by atoms with van der Waals surface area (Å²) in [5.41, 5.74) is 6.90. The molecule has 4 aromatic rings. The van der Waals surface area contributed by atoms with Gasteiger partial charge in [0.15, 0.2) is 5.78 Å². The maximum absolute atomic E-state index is 15.2. The van der Waals surface area contributed by atoms with E-state index in [1.54, 1.807) is 23.3 Å². The van der Waals surface area contributed by atoms with E-state index in [2.05, 4.69) is 27.2 Å². The van der Waals surface area contributed by atoms with E-state index >= 15 is 8.78 Å². The van der Waals surface area contributed by atoms with Crippen LogP contribution in [0.25, 0.3) is 11.3 Å². The van der Waals surface area contributed by atoms with Gasteiger partial charge >= 0.3 is 0 Å². The first-order valence-corrected chi connectivity index (χ1v) is 14.8. The molecule has 12 heteroatoms. The number of halogens is 3. The number of nitrogens with zero attached hydrogens (tertiary/aromatic N) is 5. The van der Waals surface area contributed by atoms with Gasteiger partial charge in [0.05, 0.1) is 31.0 Å². The quantitative estimate of drug-likeness (QED) is 0.272. The fourth-order valence-corrected chi connectivity index (χ4v) is 6.51. The number of benzene rings is 1. The second-order valence-corrected chi connectivity index (χ2v) is 11.6. The lowest BCUT2D eigenvalue weighted by Crippen LogP contribution is -2.42. The Morgan fingerprint density at radius 2 is 1.84 bits per heavy atom. The van der Waals surface area contributed by atoms with Crippen LogP contribution in [0.1, 0.15) is 66.2 Å². The van der Waals surface area contributed by atoms with Crippen LogP contribution >= 0.6 is 0 Å². The largest absolute Gasteiger partial charge is 0.490 e. The molecule has 0 bridgehead atoms. The highest BCUT2D eigenvalue weighted by atomic mass is 19.1. The molecule has 0 spiro atoms. The second kappa shape index (κ2) is 12.8. The zero-order valence-electron chi connectivity index (χ0n) is 24.2. The molecule has 9 nitrogen and oxygen atoms in total. The molecule has 3 aromatic heterocycles. The van der Waals surface area contributed by atoms with Gasteiger partial charge in [-0.25, -0.2) is 22.8 Å². The molecule has 1 saturated carbocycles. The number of hydrogen-bond donors (Lipinski definition) is 1. The third-order valence-electron chi connectivity index (χ3n) is 8.57. The Bertz CT molecular complexity index is 1590. The van der Waals surface area contributed by atoms with Crippen molar-refractivity contribution in [3.8, 4) is 17.0 Å². The second-order valence-electron chi connectivity index (χ2n) is 11.6. The van der Waals surface area contributed by atoms with Crippen LogP contribution < -0.4 is 10.5 Å². The molecule has 1 aromatic carbocycles. The SMILES string of the molecule is C[C@H]1C[C@@H](c2ccncc2CC(=O)c2ccc(F)c(-c3c(F)cc(OC4CCOCC4)cc3F)n2)C[C@@H](N)[C@H]1n1ccnn1. The van der Waals surface area contributed by atoms with Gasteiger partial charge in [0, 0.05) is 56.0 Å². The van der Waals surface area contributed by atoms with E-state index in [-0.39, 0.29) is 47.9 Å². The van der Waals surface area contributed by atoms with E-state index in [1.165, 1.54) is 6.07 Å². The lowest BCUT2D eigenvalue weighted by Gasteiger charge is -2.39. The van der Waals surface area contributed by atoms with Gasteiger partial charge in [0.1, 0.15) is 40.7 Å². The van der Waals surface area contributed by atoms with Gasteiger partial charge in [-0.3, -0.25) is 9.78 Å². The number of carbonyl (C=O) groups is 1. The van der Waals surface area contributed by atoms with Gasteiger partial charge in [0.25, 0.3) is 0 Å². The predicted octanol–water partition coefficient (Wildman–Crippen LogP) is 5.22. The average molecular weight is 607 g/mol. The van der Waals surface area contributed by atoms with Crippen molar-refractivity contribution in [2.75, 3.05) is 13.2 Å². The Labute approximate surface area is 252 Å². The molecule has 1 saturated heterocycles. The van der Waals surface area contributed by atoms with E-state index in [1.807, 2.05) is 12.3 Å². The molecule has 4 atom stereocenters. The first-order valence-electron chi connectivity index (χ1n) is 14.8. The predicted molar refractivity (Wildman–Crippen MR) is 154 cm³/mol. The van der Waals surface area contributed by atoms with E-state index in [0.717, 1.165) is 30.2 Å². The van der Waals surface area contributed by atoms with Crippen LogP contribution in [0.2, 0.25) is 0 Å². The topological polar surface area (TPSA) is 118 Å². The van der Waals surface area contributed by atoms with Crippen molar-refractivity contribution in [2.24, 2.45) is 11.7 Å². The Kier molecular flexibility index (Phi) is 8.72. The molecule has 1 aliphatic heterocycles. The van der Waals surface area contributed by atoms with Crippen LogP contribution in [0.15, 0.2) is 55.1 Å². The lowest BCUT2D eigenvalue weighted by molar-refractivity contribution is 0.0253. The summed E-state index contributed by atoms with van der Waals surface area (Å²) in [6.45, 7) is 3.13. The molecule has 6 rings (SSSR count). The van der Waals surface area contributed by atoms with Gasteiger partial charge in [-0.1, -0.05) is 12.1 Å². The summed E-state index contributed by atoms with van der Waals surface area (Å²) in [4.78, 5) is 21.8. The summed E-state index contributed by atoms with van der Waals surface area (Å²) >= 11 is 0. The van der Waals surface area contributed by atoms with E-state index in [9.17, 15) is 9.18 Å². The van der Waals surface area contributed by atoms with Crippen LogP contribution in [0.3, 0.4) is 0 Å². The summed E-state index contributed by atoms with van der Waals surface area (Å²) in [6.07, 6.45) is 9.14. The summed E-state index contributed by atoms with van der Waals surface area (Å²) in [6, 6.07) is 5.95. The number of ether oxygens (including phenoxy) is 2. The van der Waals surface area contributed by atoms with Crippen molar-refractivity contribution in [2.45, 2.75) is 63.1 Å².